The average molecular weight is 208 g/mol. The van der Waals surface area contributed by atoms with Crippen molar-refractivity contribution in [2.75, 3.05) is 13.1 Å². The number of halogens is 3. The van der Waals surface area contributed by atoms with Crippen molar-refractivity contribution in [3.8, 4) is 0 Å². The minimum absolute atomic E-state index is 0.0408. The highest BCUT2D eigenvalue weighted by Gasteiger charge is 2.30. The Morgan fingerprint density at radius 2 is 1.86 bits per heavy atom. The smallest absolute Gasteiger partial charge is 0.449 e. The fourth-order valence-electron chi connectivity index (χ4n) is 1.86. The molecule has 0 radical (unpaired) electrons. The number of hydrogen-bond acceptors (Lipinski definition) is 1. The third kappa shape index (κ3) is 3.60. The van der Waals surface area contributed by atoms with Crippen LogP contribution in [0.25, 0.3) is 0 Å². The number of hydrogen-bond donors (Lipinski definition) is 0. The van der Waals surface area contributed by atoms with E-state index in [9.17, 15) is 17.7 Å². The second-order valence-corrected chi connectivity index (χ2v) is 3.90. The quantitative estimate of drug-likeness (QED) is 0.636. The molecule has 14 heavy (non-hydrogen) atoms. The number of amides is 1. The summed E-state index contributed by atoms with van der Waals surface area (Å²) in [6.07, 6.45) is 0.327. The van der Waals surface area contributed by atoms with Gasteiger partial charge < -0.3 is 17.8 Å². The Kier molecular flexibility index (Phi) is 3.45. The molecular formula is C8H14BF3NO-. The number of carbonyl (C=O) groups is 1. The molecule has 0 aliphatic carbocycles. The second-order valence-electron chi connectivity index (χ2n) is 3.90. The van der Waals surface area contributed by atoms with Gasteiger partial charge in [0.25, 0.3) is 0 Å². The molecule has 0 aromatic heterocycles. The van der Waals surface area contributed by atoms with Crippen molar-refractivity contribution in [2.45, 2.75) is 26.1 Å². The van der Waals surface area contributed by atoms with Crippen LogP contribution in [0.5, 0.6) is 0 Å². The summed E-state index contributed by atoms with van der Waals surface area (Å²) in [5.41, 5.74) is 0. The molecule has 0 saturated carbocycles. The maximum Gasteiger partial charge on any atom is 0.478 e. The Balaban J connectivity index is 2.33. The molecule has 6 heteroatoms. The standard InChI is InChI=1S/C8H14BF3NO/c1-7(14)13-4-2-8(3-5-13)6-9(10,11)12/h8H,2-6H2,1H3/q-1. The molecule has 0 N–H and O–H groups in total. The lowest BCUT2D eigenvalue weighted by Gasteiger charge is -2.33. The number of piperidine rings is 1. The van der Waals surface area contributed by atoms with E-state index in [1.54, 1.807) is 4.90 Å². The SMILES string of the molecule is CC(=O)N1CCC(C[B-](F)(F)F)CC1. The first-order valence-electron chi connectivity index (χ1n) is 4.85. The molecule has 1 heterocycles. The zero-order valence-corrected chi connectivity index (χ0v) is 8.18. The predicted molar refractivity (Wildman–Crippen MR) is 48.9 cm³/mol. The molecular weight excluding hydrogens is 194 g/mol. The lowest BCUT2D eigenvalue weighted by molar-refractivity contribution is -0.130. The summed E-state index contributed by atoms with van der Waals surface area (Å²) in [6, 6.07) is 0. The van der Waals surface area contributed by atoms with Crippen LogP contribution in [0.3, 0.4) is 0 Å². The molecule has 1 aliphatic heterocycles. The van der Waals surface area contributed by atoms with Crippen molar-refractivity contribution in [1.82, 2.24) is 4.90 Å². The van der Waals surface area contributed by atoms with Gasteiger partial charge in [0.15, 0.2) is 0 Å². The number of likely N-dealkylation sites (tertiary alicyclic amines) is 1. The van der Waals surface area contributed by atoms with Crippen molar-refractivity contribution in [3.05, 3.63) is 0 Å². The number of nitrogens with zero attached hydrogens (tertiary/aromatic N) is 1. The molecule has 2 nitrogen and oxygen atoms in total. The topological polar surface area (TPSA) is 20.3 Å². The minimum atomic E-state index is -4.67. The molecule has 0 aromatic carbocycles. The summed E-state index contributed by atoms with van der Waals surface area (Å²) in [7, 11) is 0. The minimum Gasteiger partial charge on any atom is -0.449 e. The molecule has 1 fully saturated rings. The van der Waals surface area contributed by atoms with E-state index in [4.69, 9.17) is 0 Å². The molecule has 1 saturated heterocycles. The van der Waals surface area contributed by atoms with E-state index in [-0.39, 0.29) is 11.8 Å². The molecule has 0 bridgehead atoms. The van der Waals surface area contributed by atoms with Crippen LogP contribution in [0.1, 0.15) is 19.8 Å². The lowest BCUT2D eigenvalue weighted by Crippen LogP contribution is -2.38. The Labute approximate surface area is 81.5 Å². The van der Waals surface area contributed by atoms with E-state index in [0.29, 0.717) is 25.9 Å². The number of rotatable bonds is 2. The van der Waals surface area contributed by atoms with Crippen LogP contribution in [-0.2, 0) is 4.79 Å². The largest absolute Gasteiger partial charge is 0.478 e. The van der Waals surface area contributed by atoms with Crippen LogP contribution in [0.15, 0.2) is 0 Å². The van der Waals surface area contributed by atoms with Gasteiger partial charge in [-0.2, -0.15) is 0 Å². The van der Waals surface area contributed by atoms with Crippen LogP contribution >= 0.6 is 0 Å². The molecule has 82 valence electrons. The molecule has 1 rings (SSSR count). The van der Waals surface area contributed by atoms with Crippen LogP contribution in [0, 0.1) is 5.92 Å². The molecule has 1 amide bonds. The second kappa shape index (κ2) is 4.23. The average Bonchev–Trinajstić information content (AvgIpc) is 2.02. The summed E-state index contributed by atoms with van der Waals surface area (Å²) in [6.45, 7) is -2.26. The first-order chi connectivity index (χ1) is 6.38. The maximum atomic E-state index is 12.1. The van der Waals surface area contributed by atoms with E-state index < -0.39 is 13.3 Å². The third-order valence-corrected chi connectivity index (χ3v) is 2.66. The Bertz CT molecular complexity index is 211. The maximum absolute atomic E-state index is 12.1. The van der Waals surface area contributed by atoms with Gasteiger partial charge in [-0.1, -0.05) is 12.2 Å². The zero-order valence-electron chi connectivity index (χ0n) is 8.18. The summed E-state index contributed by atoms with van der Waals surface area (Å²) < 4.78 is 36.2. The van der Waals surface area contributed by atoms with Gasteiger partial charge in [0.05, 0.1) is 0 Å². The van der Waals surface area contributed by atoms with Crippen molar-refractivity contribution >= 4 is 12.9 Å². The van der Waals surface area contributed by atoms with E-state index in [1.807, 2.05) is 0 Å². The summed E-state index contributed by atoms with van der Waals surface area (Å²) >= 11 is 0. The Morgan fingerprint density at radius 1 is 1.36 bits per heavy atom. The third-order valence-electron chi connectivity index (χ3n) is 2.66. The zero-order chi connectivity index (χ0) is 10.8. The van der Waals surface area contributed by atoms with Gasteiger partial charge in [-0.05, 0) is 12.8 Å². The van der Waals surface area contributed by atoms with Gasteiger partial charge >= 0.3 is 6.98 Å². The van der Waals surface area contributed by atoms with Gasteiger partial charge in [-0.25, -0.2) is 0 Å². The van der Waals surface area contributed by atoms with Gasteiger partial charge in [0.1, 0.15) is 0 Å². The van der Waals surface area contributed by atoms with Crippen molar-refractivity contribution in [1.29, 1.82) is 0 Å². The molecule has 0 spiro atoms. The van der Waals surface area contributed by atoms with E-state index in [0.717, 1.165) is 0 Å². The highest BCUT2D eigenvalue weighted by Crippen LogP contribution is 2.28. The molecule has 1 aliphatic rings. The van der Waals surface area contributed by atoms with Crippen LogP contribution in [0.4, 0.5) is 12.9 Å². The predicted octanol–water partition coefficient (Wildman–Crippen LogP) is 2.09. The van der Waals surface area contributed by atoms with E-state index in [1.165, 1.54) is 6.92 Å². The van der Waals surface area contributed by atoms with Crippen molar-refractivity contribution in [2.24, 2.45) is 5.92 Å². The summed E-state index contributed by atoms with van der Waals surface area (Å²) in [5.74, 6) is -0.313. The first-order valence-corrected chi connectivity index (χ1v) is 4.85. The molecule has 0 unspecified atom stereocenters. The normalized spacial score (nSPS) is 19.9. The van der Waals surface area contributed by atoms with Crippen LogP contribution in [0.2, 0.25) is 6.32 Å². The highest BCUT2D eigenvalue weighted by atomic mass is 19.4. The van der Waals surface area contributed by atoms with Crippen molar-refractivity contribution < 1.29 is 17.7 Å². The van der Waals surface area contributed by atoms with Crippen LogP contribution in [-0.4, -0.2) is 30.9 Å². The van der Waals surface area contributed by atoms with Crippen molar-refractivity contribution in [3.63, 3.8) is 0 Å². The monoisotopic (exact) mass is 208 g/mol. The lowest BCUT2D eigenvalue weighted by atomic mass is 9.74. The Morgan fingerprint density at radius 3 is 2.21 bits per heavy atom. The fourth-order valence-corrected chi connectivity index (χ4v) is 1.86. The van der Waals surface area contributed by atoms with Gasteiger partial charge in [-0.3, -0.25) is 4.79 Å². The van der Waals surface area contributed by atoms with E-state index >= 15 is 0 Å². The fraction of sp³-hybridized carbons (Fsp3) is 0.875. The van der Waals surface area contributed by atoms with Gasteiger partial charge in [0, 0.05) is 20.0 Å². The van der Waals surface area contributed by atoms with Gasteiger partial charge in [-0.15, -0.1) is 0 Å². The number of carbonyl (C=O) groups excluding carboxylic acids is 1. The van der Waals surface area contributed by atoms with E-state index in [2.05, 4.69) is 0 Å². The van der Waals surface area contributed by atoms with Gasteiger partial charge in [0.2, 0.25) is 5.91 Å². The molecule has 0 aromatic rings. The summed E-state index contributed by atoms with van der Waals surface area (Å²) in [5, 5.41) is 0. The Hall–Kier alpha value is -0.675. The van der Waals surface area contributed by atoms with Crippen LogP contribution < -0.4 is 0 Å². The molecule has 0 atom stereocenters. The highest BCUT2D eigenvalue weighted by molar-refractivity contribution is 6.58. The summed E-state index contributed by atoms with van der Waals surface area (Å²) in [4.78, 5) is 12.5. The first kappa shape index (κ1) is 11.4.